The molecule has 1 saturated heterocycles. The number of hydrogen-bond donors (Lipinski definition) is 1. The van der Waals surface area contributed by atoms with E-state index in [0.29, 0.717) is 19.2 Å². The molecule has 0 aliphatic carbocycles. The van der Waals surface area contributed by atoms with Crippen molar-refractivity contribution in [3.63, 3.8) is 0 Å². The summed E-state index contributed by atoms with van der Waals surface area (Å²) in [6.45, 7) is 4.20. The minimum Gasteiger partial charge on any atom is -0.380 e. The van der Waals surface area contributed by atoms with E-state index >= 15 is 0 Å². The standard InChI is InChI=1S/C16H26N2O2/c1-12-15(8-9-20-12)18(2)16(10-17)14-7-5-4-6-13(14)11-19-3/h4-7,12,15-16H,8-11,17H2,1-3H3. The van der Waals surface area contributed by atoms with E-state index in [1.165, 1.54) is 11.1 Å². The van der Waals surface area contributed by atoms with Crippen molar-refractivity contribution in [2.45, 2.75) is 38.1 Å². The van der Waals surface area contributed by atoms with Gasteiger partial charge in [-0.15, -0.1) is 0 Å². The molecule has 1 aromatic rings. The van der Waals surface area contributed by atoms with E-state index in [1.54, 1.807) is 7.11 Å². The van der Waals surface area contributed by atoms with Crippen molar-refractivity contribution in [1.82, 2.24) is 4.90 Å². The fourth-order valence-corrected chi connectivity index (χ4v) is 3.15. The summed E-state index contributed by atoms with van der Waals surface area (Å²) in [6.07, 6.45) is 1.34. The normalized spacial score (nSPS) is 24.2. The van der Waals surface area contributed by atoms with Crippen LogP contribution < -0.4 is 5.73 Å². The fraction of sp³-hybridized carbons (Fsp3) is 0.625. The van der Waals surface area contributed by atoms with Gasteiger partial charge in [-0.3, -0.25) is 4.90 Å². The molecule has 2 N–H and O–H groups in total. The summed E-state index contributed by atoms with van der Waals surface area (Å²) in [7, 11) is 3.88. The third kappa shape index (κ3) is 3.20. The highest BCUT2D eigenvalue weighted by molar-refractivity contribution is 5.30. The Hall–Kier alpha value is -0.940. The van der Waals surface area contributed by atoms with Crippen LogP contribution in [0.4, 0.5) is 0 Å². The molecule has 0 amide bonds. The van der Waals surface area contributed by atoms with E-state index in [4.69, 9.17) is 15.2 Å². The summed E-state index contributed by atoms with van der Waals surface area (Å²) in [5.41, 5.74) is 8.53. The average molecular weight is 278 g/mol. The highest BCUT2D eigenvalue weighted by atomic mass is 16.5. The molecule has 112 valence electrons. The van der Waals surface area contributed by atoms with E-state index < -0.39 is 0 Å². The Morgan fingerprint density at radius 1 is 1.45 bits per heavy atom. The first kappa shape index (κ1) is 15.4. The minimum absolute atomic E-state index is 0.204. The van der Waals surface area contributed by atoms with Crippen LogP contribution in [-0.4, -0.2) is 44.4 Å². The maximum absolute atomic E-state index is 6.06. The molecule has 0 spiro atoms. The summed E-state index contributed by atoms with van der Waals surface area (Å²) in [6, 6.07) is 9.02. The van der Waals surface area contributed by atoms with Crippen molar-refractivity contribution >= 4 is 0 Å². The van der Waals surface area contributed by atoms with E-state index in [9.17, 15) is 0 Å². The Balaban J connectivity index is 2.23. The Morgan fingerprint density at radius 3 is 2.80 bits per heavy atom. The number of nitrogens with two attached hydrogens (primary N) is 1. The number of nitrogens with zero attached hydrogens (tertiary/aromatic N) is 1. The SMILES string of the molecule is COCc1ccccc1C(CN)N(C)C1CCOC1C. The van der Waals surface area contributed by atoms with Gasteiger partial charge in [-0.1, -0.05) is 24.3 Å². The molecule has 2 rings (SSSR count). The Labute approximate surface area is 121 Å². The smallest absolute Gasteiger partial charge is 0.0716 e. The lowest BCUT2D eigenvalue weighted by Gasteiger charge is -2.35. The topological polar surface area (TPSA) is 47.7 Å². The summed E-state index contributed by atoms with van der Waals surface area (Å²) < 4.78 is 11.0. The molecule has 1 aromatic carbocycles. The molecule has 4 heteroatoms. The molecular formula is C16H26N2O2. The summed E-state index contributed by atoms with van der Waals surface area (Å²) in [4.78, 5) is 2.37. The first-order valence-electron chi connectivity index (χ1n) is 7.29. The van der Waals surface area contributed by atoms with Crippen LogP contribution in [0.2, 0.25) is 0 Å². The van der Waals surface area contributed by atoms with Gasteiger partial charge in [0.2, 0.25) is 0 Å². The molecule has 3 unspecified atom stereocenters. The largest absolute Gasteiger partial charge is 0.380 e. The van der Waals surface area contributed by atoms with Crippen LogP contribution in [0.25, 0.3) is 0 Å². The van der Waals surface area contributed by atoms with Gasteiger partial charge >= 0.3 is 0 Å². The lowest BCUT2D eigenvalue weighted by Crippen LogP contribution is -2.42. The highest BCUT2D eigenvalue weighted by Gasteiger charge is 2.32. The van der Waals surface area contributed by atoms with Gasteiger partial charge in [0, 0.05) is 32.3 Å². The van der Waals surface area contributed by atoms with Gasteiger partial charge in [0.1, 0.15) is 0 Å². The van der Waals surface area contributed by atoms with Gasteiger partial charge in [0.25, 0.3) is 0 Å². The second-order valence-corrected chi connectivity index (χ2v) is 5.48. The lowest BCUT2D eigenvalue weighted by atomic mass is 9.97. The Bertz CT molecular complexity index is 425. The van der Waals surface area contributed by atoms with Gasteiger partial charge in [-0.2, -0.15) is 0 Å². The van der Waals surface area contributed by atoms with Gasteiger partial charge in [0.15, 0.2) is 0 Å². The maximum Gasteiger partial charge on any atom is 0.0716 e. The zero-order valence-corrected chi connectivity index (χ0v) is 12.7. The van der Waals surface area contributed by atoms with Crippen LogP contribution in [0, 0.1) is 0 Å². The summed E-state index contributed by atoms with van der Waals surface area (Å²) in [5, 5.41) is 0. The van der Waals surface area contributed by atoms with Crippen LogP contribution in [0.3, 0.4) is 0 Å². The predicted molar refractivity (Wildman–Crippen MR) is 80.5 cm³/mol. The van der Waals surface area contributed by atoms with Gasteiger partial charge in [-0.05, 0) is 31.5 Å². The van der Waals surface area contributed by atoms with Crippen molar-refractivity contribution in [2.75, 3.05) is 27.3 Å². The minimum atomic E-state index is 0.204. The molecule has 3 atom stereocenters. The number of rotatable bonds is 6. The second-order valence-electron chi connectivity index (χ2n) is 5.48. The number of likely N-dealkylation sites (N-methyl/N-ethyl adjacent to an activating group) is 1. The van der Waals surface area contributed by atoms with Crippen LogP contribution in [0.5, 0.6) is 0 Å². The van der Waals surface area contributed by atoms with Crippen molar-refractivity contribution in [1.29, 1.82) is 0 Å². The van der Waals surface area contributed by atoms with Gasteiger partial charge in [-0.25, -0.2) is 0 Å². The van der Waals surface area contributed by atoms with Gasteiger partial charge < -0.3 is 15.2 Å². The number of methoxy groups -OCH3 is 1. The van der Waals surface area contributed by atoms with Crippen molar-refractivity contribution in [3.8, 4) is 0 Å². The monoisotopic (exact) mass is 278 g/mol. The predicted octanol–water partition coefficient (Wildman–Crippen LogP) is 1.94. The lowest BCUT2D eigenvalue weighted by molar-refractivity contribution is 0.0680. The van der Waals surface area contributed by atoms with Crippen molar-refractivity contribution < 1.29 is 9.47 Å². The Morgan fingerprint density at radius 2 is 2.20 bits per heavy atom. The molecule has 0 saturated carbocycles. The molecule has 0 bridgehead atoms. The number of hydrogen-bond acceptors (Lipinski definition) is 4. The number of benzene rings is 1. The van der Waals surface area contributed by atoms with E-state index in [-0.39, 0.29) is 12.1 Å². The molecule has 0 aromatic heterocycles. The fourth-order valence-electron chi connectivity index (χ4n) is 3.15. The zero-order valence-electron chi connectivity index (χ0n) is 12.7. The van der Waals surface area contributed by atoms with Crippen LogP contribution in [-0.2, 0) is 16.1 Å². The second kappa shape index (κ2) is 7.18. The summed E-state index contributed by atoms with van der Waals surface area (Å²) >= 11 is 0. The molecule has 4 nitrogen and oxygen atoms in total. The summed E-state index contributed by atoms with van der Waals surface area (Å²) in [5.74, 6) is 0. The average Bonchev–Trinajstić information content (AvgIpc) is 2.88. The van der Waals surface area contributed by atoms with Crippen LogP contribution in [0.15, 0.2) is 24.3 Å². The Kier molecular flexibility index (Phi) is 5.54. The third-order valence-corrected chi connectivity index (χ3v) is 4.29. The first-order chi connectivity index (χ1) is 9.69. The van der Waals surface area contributed by atoms with E-state index in [1.807, 2.05) is 6.07 Å². The molecule has 1 heterocycles. The van der Waals surface area contributed by atoms with E-state index in [2.05, 4.69) is 37.1 Å². The van der Waals surface area contributed by atoms with Gasteiger partial charge in [0.05, 0.1) is 12.7 Å². The van der Waals surface area contributed by atoms with Crippen molar-refractivity contribution in [2.24, 2.45) is 5.73 Å². The highest BCUT2D eigenvalue weighted by Crippen LogP contribution is 2.29. The molecule has 1 aliphatic heterocycles. The van der Waals surface area contributed by atoms with Crippen molar-refractivity contribution in [3.05, 3.63) is 35.4 Å². The third-order valence-electron chi connectivity index (χ3n) is 4.29. The zero-order chi connectivity index (χ0) is 14.5. The van der Waals surface area contributed by atoms with Crippen LogP contribution in [0.1, 0.15) is 30.5 Å². The molecular weight excluding hydrogens is 252 g/mol. The van der Waals surface area contributed by atoms with E-state index in [0.717, 1.165) is 13.0 Å². The first-order valence-corrected chi connectivity index (χ1v) is 7.29. The number of ether oxygens (including phenoxy) is 2. The molecule has 0 radical (unpaired) electrons. The molecule has 20 heavy (non-hydrogen) atoms. The molecule has 1 aliphatic rings. The maximum atomic E-state index is 6.06. The molecule has 1 fully saturated rings. The quantitative estimate of drug-likeness (QED) is 0.864. The van der Waals surface area contributed by atoms with Crippen LogP contribution >= 0.6 is 0 Å².